The molecule has 1 aliphatic rings. The van der Waals surface area contributed by atoms with Gasteiger partial charge in [0.25, 0.3) is 0 Å². The average molecular weight is 371 g/mol. The van der Waals surface area contributed by atoms with Crippen molar-refractivity contribution in [2.24, 2.45) is 5.73 Å². The van der Waals surface area contributed by atoms with Crippen LogP contribution >= 0.6 is 0 Å². The quantitative estimate of drug-likeness (QED) is 0.804. The predicted octanol–water partition coefficient (Wildman–Crippen LogP) is 1.41. The van der Waals surface area contributed by atoms with Gasteiger partial charge in [-0.05, 0) is 35.4 Å². The maximum absolute atomic E-state index is 13.6. The minimum atomic E-state index is -0.825. The third-order valence-electron chi connectivity index (χ3n) is 4.36. The van der Waals surface area contributed by atoms with Gasteiger partial charge in [0.1, 0.15) is 24.2 Å². The van der Waals surface area contributed by atoms with E-state index in [-0.39, 0.29) is 18.2 Å². The van der Waals surface area contributed by atoms with Crippen LogP contribution in [0.15, 0.2) is 48.5 Å². The van der Waals surface area contributed by atoms with Gasteiger partial charge in [-0.1, -0.05) is 24.3 Å². The molecule has 0 spiro atoms. The molecule has 0 aliphatic carbocycles. The summed E-state index contributed by atoms with van der Waals surface area (Å²) < 4.78 is 19.0. The zero-order chi connectivity index (χ0) is 19.2. The molecule has 1 unspecified atom stereocenters. The maximum atomic E-state index is 13.6. The normalized spacial score (nSPS) is 16.7. The van der Waals surface area contributed by atoms with Crippen LogP contribution in [-0.2, 0) is 16.0 Å². The fourth-order valence-electron chi connectivity index (χ4n) is 3.10. The van der Waals surface area contributed by atoms with Gasteiger partial charge in [0.2, 0.25) is 11.8 Å². The highest BCUT2D eigenvalue weighted by molar-refractivity contribution is 5.90. The highest BCUT2D eigenvalue weighted by atomic mass is 19.1. The monoisotopic (exact) mass is 371 g/mol. The molecular weight excluding hydrogens is 349 g/mol. The summed E-state index contributed by atoms with van der Waals surface area (Å²) >= 11 is 0. The second-order valence-electron chi connectivity index (χ2n) is 6.29. The average Bonchev–Trinajstić information content (AvgIpc) is 2.67. The maximum Gasteiger partial charge on any atom is 0.247 e. The van der Waals surface area contributed by atoms with Crippen LogP contribution in [-0.4, -0.2) is 43.0 Å². The van der Waals surface area contributed by atoms with E-state index in [0.717, 1.165) is 5.56 Å². The van der Waals surface area contributed by atoms with Gasteiger partial charge in [-0.3, -0.25) is 9.59 Å². The molecular formula is C20H22FN3O3. The number of benzene rings is 2. The Balaban J connectivity index is 1.74. The van der Waals surface area contributed by atoms with Crippen LogP contribution in [0.25, 0.3) is 0 Å². The number of nitrogens with one attached hydrogen (secondary N) is 1. The molecule has 2 amide bonds. The van der Waals surface area contributed by atoms with Crippen molar-refractivity contribution in [1.82, 2.24) is 10.2 Å². The van der Waals surface area contributed by atoms with Crippen LogP contribution in [0.1, 0.15) is 17.2 Å². The standard InChI is InChI=1S/C20H22FN3O3/c21-16-3-1-2-15(13-16)19-20(26)23-9-10-24(19)18(25)12-14-4-6-17(7-5-14)27-11-8-22/h1-7,13,19H,8-12,22H2,(H,23,26). The van der Waals surface area contributed by atoms with Gasteiger partial charge in [-0.2, -0.15) is 0 Å². The third-order valence-corrected chi connectivity index (χ3v) is 4.36. The molecule has 0 aromatic heterocycles. The van der Waals surface area contributed by atoms with Crippen molar-refractivity contribution in [1.29, 1.82) is 0 Å². The lowest BCUT2D eigenvalue weighted by Gasteiger charge is -2.35. The van der Waals surface area contributed by atoms with Crippen LogP contribution < -0.4 is 15.8 Å². The summed E-state index contributed by atoms with van der Waals surface area (Å²) in [6.45, 7) is 1.61. The Kier molecular flexibility index (Phi) is 6.03. The molecule has 6 nitrogen and oxygen atoms in total. The lowest BCUT2D eigenvalue weighted by Crippen LogP contribution is -2.52. The van der Waals surface area contributed by atoms with Gasteiger partial charge in [0.15, 0.2) is 0 Å². The molecule has 2 aromatic rings. The largest absolute Gasteiger partial charge is 0.492 e. The van der Waals surface area contributed by atoms with Crippen molar-refractivity contribution in [3.05, 3.63) is 65.5 Å². The molecule has 1 aliphatic heterocycles. The molecule has 3 rings (SSSR count). The summed E-state index contributed by atoms with van der Waals surface area (Å²) in [7, 11) is 0. The van der Waals surface area contributed by atoms with E-state index in [2.05, 4.69) is 5.32 Å². The molecule has 0 radical (unpaired) electrons. The predicted molar refractivity (Wildman–Crippen MR) is 98.6 cm³/mol. The van der Waals surface area contributed by atoms with Crippen LogP contribution in [0.4, 0.5) is 4.39 Å². The topological polar surface area (TPSA) is 84.7 Å². The molecule has 0 saturated carbocycles. The van der Waals surface area contributed by atoms with Crippen molar-refractivity contribution in [3.8, 4) is 5.75 Å². The van der Waals surface area contributed by atoms with E-state index in [0.29, 0.717) is 37.6 Å². The first-order valence-corrected chi connectivity index (χ1v) is 8.83. The molecule has 142 valence electrons. The van der Waals surface area contributed by atoms with Crippen LogP contribution in [0, 0.1) is 5.82 Å². The summed E-state index contributed by atoms with van der Waals surface area (Å²) in [5, 5.41) is 2.74. The zero-order valence-electron chi connectivity index (χ0n) is 14.9. The SMILES string of the molecule is NCCOc1ccc(CC(=O)N2CCNC(=O)C2c2cccc(F)c2)cc1. The van der Waals surface area contributed by atoms with Gasteiger partial charge < -0.3 is 20.7 Å². The Bertz CT molecular complexity index is 810. The molecule has 1 saturated heterocycles. The minimum Gasteiger partial charge on any atom is -0.492 e. The van der Waals surface area contributed by atoms with Crippen molar-refractivity contribution >= 4 is 11.8 Å². The first-order valence-electron chi connectivity index (χ1n) is 8.83. The number of piperazine rings is 1. The summed E-state index contributed by atoms with van der Waals surface area (Å²) in [5.41, 5.74) is 6.68. The fraction of sp³-hybridized carbons (Fsp3) is 0.300. The Morgan fingerprint density at radius 2 is 2.04 bits per heavy atom. The van der Waals surface area contributed by atoms with Crippen LogP contribution in [0.5, 0.6) is 5.75 Å². The second-order valence-corrected chi connectivity index (χ2v) is 6.29. The number of rotatable bonds is 6. The number of halogens is 1. The smallest absolute Gasteiger partial charge is 0.247 e. The second kappa shape index (κ2) is 8.64. The summed E-state index contributed by atoms with van der Waals surface area (Å²) in [4.78, 5) is 26.7. The molecule has 1 atom stereocenters. The van der Waals surface area contributed by atoms with Gasteiger partial charge in [0.05, 0.1) is 6.42 Å². The van der Waals surface area contributed by atoms with E-state index in [9.17, 15) is 14.0 Å². The molecule has 27 heavy (non-hydrogen) atoms. The zero-order valence-corrected chi connectivity index (χ0v) is 14.9. The number of hydrogen-bond donors (Lipinski definition) is 2. The van der Waals surface area contributed by atoms with Crippen LogP contribution in [0.2, 0.25) is 0 Å². The number of carbonyl (C=O) groups excluding carboxylic acids is 2. The number of nitrogens with zero attached hydrogens (tertiary/aromatic N) is 1. The number of ether oxygens (including phenoxy) is 1. The van der Waals surface area contributed by atoms with Gasteiger partial charge in [-0.15, -0.1) is 0 Å². The van der Waals surface area contributed by atoms with Crippen molar-refractivity contribution in [2.75, 3.05) is 26.2 Å². The van der Waals surface area contributed by atoms with E-state index >= 15 is 0 Å². The number of carbonyl (C=O) groups is 2. The minimum absolute atomic E-state index is 0.149. The molecule has 1 fully saturated rings. The van der Waals surface area contributed by atoms with Gasteiger partial charge in [-0.25, -0.2) is 4.39 Å². The van der Waals surface area contributed by atoms with Crippen molar-refractivity contribution in [3.63, 3.8) is 0 Å². The number of nitrogens with two attached hydrogens (primary N) is 1. The Morgan fingerprint density at radius 1 is 1.26 bits per heavy atom. The first-order chi connectivity index (χ1) is 13.1. The lowest BCUT2D eigenvalue weighted by molar-refractivity contribution is -0.143. The van der Waals surface area contributed by atoms with E-state index < -0.39 is 11.9 Å². The number of hydrogen-bond acceptors (Lipinski definition) is 4. The summed E-state index contributed by atoms with van der Waals surface area (Å²) in [6, 6.07) is 12.2. The molecule has 2 aromatic carbocycles. The molecule has 1 heterocycles. The Labute approximate surface area is 157 Å². The Morgan fingerprint density at radius 3 is 2.74 bits per heavy atom. The van der Waals surface area contributed by atoms with Crippen molar-refractivity contribution in [2.45, 2.75) is 12.5 Å². The van der Waals surface area contributed by atoms with E-state index in [4.69, 9.17) is 10.5 Å². The van der Waals surface area contributed by atoms with E-state index in [1.165, 1.54) is 23.1 Å². The molecule has 7 heteroatoms. The third kappa shape index (κ3) is 4.62. The summed E-state index contributed by atoms with van der Waals surface area (Å²) in [5.74, 6) is -0.238. The van der Waals surface area contributed by atoms with Crippen LogP contribution in [0.3, 0.4) is 0 Å². The van der Waals surface area contributed by atoms with E-state index in [1.54, 1.807) is 18.2 Å². The first kappa shape index (κ1) is 18.8. The molecule has 0 bridgehead atoms. The fourth-order valence-corrected chi connectivity index (χ4v) is 3.10. The highest BCUT2D eigenvalue weighted by Crippen LogP contribution is 2.25. The number of amides is 2. The summed E-state index contributed by atoms with van der Waals surface area (Å²) in [6.07, 6.45) is 0.149. The Hall–Kier alpha value is -2.93. The molecule has 3 N–H and O–H groups in total. The highest BCUT2D eigenvalue weighted by Gasteiger charge is 2.34. The van der Waals surface area contributed by atoms with E-state index in [1.807, 2.05) is 12.1 Å². The van der Waals surface area contributed by atoms with Gasteiger partial charge in [0, 0.05) is 19.6 Å². The van der Waals surface area contributed by atoms with Crippen molar-refractivity contribution < 1.29 is 18.7 Å². The lowest BCUT2D eigenvalue weighted by atomic mass is 10.0. The van der Waals surface area contributed by atoms with Gasteiger partial charge >= 0.3 is 0 Å².